The van der Waals surface area contributed by atoms with Crippen LogP contribution in [0.25, 0.3) is 0 Å². The van der Waals surface area contributed by atoms with E-state index >= 15 is 0 Å². The van der Waals surface area contributed by atoms with Gasteiger partial charge in [0.25, 0.3) is 0 Å². The van der Waals surface area contributed by atoms with Gasteiger partial charge in [-0.2, -0.15) is 18.3 Å². The molecule has 0 aliphatic heterocycles. The standard InChI is InChI=1S/C14H9Cl2F3N2/c15-11-4-1-9(13(16)7-11)8-20-21-12-5-2-10(3-6-12)14(17,18)19/h1-8,21H/b20-8+. The van der Waals surface area contributed by atoms with E-state index in [-0.39, 0.29) is 0 Å². The van der Waals surface area contributed by atoms with Crippen LogP contribution in [-0.2, 0) is 6.18 Å². The van der Waals surface area contributed by atoms with Gasteiger partial charge in [0.05, 0.1) is 22.5 Å². The predicted octanol–water partition coefficient (Wildman–Crippen LogP) is 5.46. The zero-order valence-electron chi connectivity index (χ0n) is 10.5. The van der Waals surface area contributed by atoms with Crippen LogP contribution < -0.4 is 5.43 Å². The summed E-state index contributed by atoms with van der Waals surface area (Å²) in [7, 11) is 0. The van der Waals surface area contributed by atoms with Gasteiger partial charge in [-0.05, 0) is 36.4 Å². The smallest absolute Gasteiger partial charge is 0.279 e. The molecule has 21 heavy (non-hydrogen) atoms. The summed E-state index contributed by atoms with van der Waals surface area (Å²) in [6.45, 7) is 0. The molecule has 2 aromatic carbocycles. The SMILES string of the molecule is FC(F)(F)c1ccc(N/N=C/c2ccc(Cl)cc2Cl)cc1. The number of anilines is 1. The van der Waals surface area contributed by atoms with E-state index in [0.29, 0.717) is 21.3 Å². The van der Waals surface area contributed by atoms with Gasteiger partial charge >= 0.3 is 6.18 Å². The van der Waals surface area contributed by atoms with Crippen molar-refractivity contribution in [2.75, 3.05) is 5.43 Å². The Hall–Kier alpha value is -1.72. The Morgan fingerprint density at radius 1 is 1.00 bits per heavy atom. The fourth-order valence-electron chi connectivity index (χ4n) is 1.52. The number of nitrogens with zero attached hydrogens (tertiary/aromatic N) is 1. The summed E-state index contributed by atoms with van der Waals surface area (Å²) < 4.78 is 37.2. The molecule has 0 saturated heterocycles. The first-order valence-corrected chi connectivity index (χ1v) is 6.53. The molecule has 2 nitrogen and oxygen atoms in total. The summed E-state index contributed by atoms with van der Waals surface area (Å²) in [4.78, 5) is 0. The van der Waals surface area contributed by atoms with Crippen LogP contribution in [0.4, 0.5) is 18.9 Å². The average Bonchev–Trinajstić information content (AvgIpc) is 2.41. The number of rotatable bonds is 3. The largest absolute Gasteiger partial charge is 0.416 e. The molecule has 2 rings (SSSR count). The second-order valence-electron chi connectivity index (χ2n) is 4.11. The molecular formula is C14H9Cl2F3N2. The first kappa shape index (κ1) is 15.7. The highest BCUT2D eigenvalue weighted by Gasteiger charge is 2.29. The maximum Gasteiger partial charge on any atom is 0.416 e. The number of hydrogen-bond donors (Lipinski definition) is 1. The van der Waals surface area contributed by atoms with Gasteiger partial charge in [0.1, 0.15) is 0 Å². The number of halogens is 5. The minimum Gasteiger partial charge on any atom is -0.279 e. The van der Waals surface area contributed by atoms with Gasteiger partial charge in [-0.1, -0.05) is 29.3 Å². The number of hydrogen-bond acceptors (Lipinski definition) is 2. The summed E-state index contributed by atoms with van der Waals surface area (Å²) in [5, 5.41) is 4.85. The van der Waals surface area contributed by atoms with E-state index in [1.54, 1.807) is 18.2 Å². The molecule has 0 aromatic heterocycles. The van der Waals surface area contributed by atoms with E-state index in [0.717, 1.165) is 12.1 Å². The van der Waals surface area contributed by atoms with Crippen molar-refractivity contribution < 1.29 is 13.2 Å². The number of nitrogens with one attached hydrogen (secondary N) is 1. The van der Waals surface area contributed by atoms with E-state index in [1.807, 2.05) is 0 Å². The molecule has 0 aliphatic carbocycles. The average molecular weight is 333 g/mol. The predicted molar refractivity (Wildman–Crippen MR) is 79.1 cm³/mol. The maximum atomic E-state index is 12.4. The number of alkyl halides is 3. The zero-order valence-corrected chi connectivity index (χ0v) is 12.0. The highest BCUT2D eigenvalue weighted by atomic mass is 35.5. The zero-order chi connectivity index (χ0) is 15.5. The van der Waals surface area contributed by atoms with Crippen molar-refractivity contribution >= 4 is 35.1 Å². The van der Waals surface area contributed by atoms with Gasteiger partial charge in [0, 0.05) is 10.6 Å². The van der Waals surface area contributed by atoms with Gasteiger partial charge in [-0.25, -0.2) is 0 Å². The molecule has 0 radical (unpaired) electrons. The topological polar surface area (TPSA) is 24.4 Å². The Balaban J connectivity index is 2.04. The molecule has 0 saturated carbocycles. The lowest BCUT2D eigenvalue weighted by Gasteiger charge is -2.07. The third-order valence-electron chi connectivity index (χ3n) is 2.57. The Morgan fingerprint density at radius 2 is 1.67 bits per heavy atom. The molecule has 2 aromatic rings. The van der Waals surface area contributed by atoms with Crippen LogP contribution in [0.15, 0.2) is 47.6 Å². The highest BCUT2D eigenvalue weighted by molar-refractivity contribution is 6.36. The van der Waals surface area contributed by atoms with Crippen molar-refractivity contribution in [3.05, 3.63) is 63.6 Å². The molecule has 0 amide bonds. The van der Waals surface area contributed by atoms with Crippen molar-refractivity contribution in [1.82, 2.24) is 0 Å². The summed E-state index contributed by atoms with van der Waals surface area (Å²) in [6, 6.07) is 9.46. The quantitative estimate of drug-likeness (QED) is 0.585. The van der Waals surface area contributed by atoms with Crippen LogP contribution in [0.3, 0.4) is 0 Å². The van der Waals surface area contributed by atoms with Crippen molar-refractivity contribution in [2.24, 2.45) is 5.10 Å². The van der Waals surface area contributed by atoms with Crippen LogP contribution in [0.5, 0.6) is 0 Å². The third-order valence-corrected chi connectivity index (χ3v) is 3.13. The minimum atomic E-state index is -4.35. The van der Waals surface area contributed by atoms with Gasteiger partial charge in [0.2, 0.25) is 0 Å². The third kappa shape index (κ3) is 4.37. The summed E-state index contributed by atoms with van der Waals surface area (Å²) in [5.41, 5.74) is 2.99. The Labute approximate surface area is 129 Å². The van der Waals surface area contributed by atoms with E-state index in [1.165, 1.54) is 18.3 Å². The lowest BCUT2D eigenvalue weighted by Crippen LogP contribution is -2.04. The van der Waals surface area contributed by atoms with Gasteiger partial charge in [-0.3, -0.25) is 5.43 Å². The fourth-order valence-corrected chi connectivity index (χ4v) is 1.97. The molecule has 0 aliphatic rings. The van der Waals surface area contributed by atoms with Crippen LogP contribution in [0.2, 0.25) is 10.0 Å². The van der Waals surface area contributed by atoms with Crippen molar-refractivity contribution in [3.63, 3.8) is 0 Å². The lowest BCUT2D eigenvalue weighted by atomic mass is 10.2. The summed E-state index contributed by atoms with van der Waals surface area (Å²) in [5.74, 6) is 0. The maximum absolute atomic E-state index is 12.4. The molecule has 0 bridgehead atoms. The molecule has 110 valence electrons. The lowest BCUT2D eigenvalue weighted by molar-refractivity contribution is -0.137. The van der Waals surface area contributed by atoms with Crippen LogP contribution in [0.1, 0.15) is 11.1 Å². The molecule has 0 heterocycles. The second kappa shape index (κ2) is 6.37. The molecule has 0 atom stereocenters. The van der Waals surface area contributed by atoms with Crippen LogP contribution in [0, 0.1) is 0 Å². The first-order chi connectivity index (χ1) is 9.86. The molecular weight excluding hydrogens is 324 g/mol. The van der Waals surface area contributed by atoms with Gasteiger partial charge < -0.3 is 0 Å². The van der Waals surface area contributed by atoms with Crippen molar-refractivity contribution in [2.45, 2.75) is 6.18 Å². The Morgan fingerprint density at radius 3 is 2.24 bits per heavy atom. The fraction of sp³-hybridized carbons (Fsp3) is 0.0714. The monoisotopic (exact) mass is 332 g/mol. The summed E-state index contributed by atoms with van der Waals surface area (Å²) in [6.07, 6.45) is -2.89. The first-order valence-electron chi connectivity index (χ1n) is 5.77. The number of benzene rings is 2. The van der Waals surface area contributed by atoms with Crippen molar-refractivity contribution in [1.29, 1.82) is 0 Å². The molecule has 1 N–H and O–H groups in total. The Bertz CT molecular complexity index is 652. The van der Waals surface area contributed by atoms with E-state index in [2.05, 4.69) is 10.5 Å². The Kier molecular flexibility index (Phi) is 4.75. The summed E-state index contributed by atoms with van der Waals surface area (Å²) >= 11 is 11.7. The molecule has 0 spiro atoms. The van der Waals surface area contributed by atoms with Gasteiger partial charge in [0.15, 0.2) is 0 Å². The van der Waals surface area contributed by atoms with E-state index in [9.17, 15) is 13.2 Å². The molecule has 0 fully saturated rings. The molecule has 0 unspecified atom stereocenters. The van der Waals surface area contributed by atoms with Crippen LogP contribution in [-0.4, -0.2) is 6.21 Å². The highest BCUT2D eigenvalue weighted by Crippen LogP contribution is 2.29. The van der Waals surface area contributed by atoms with Crippen LogP contribution >= 0.6 is 23.2 Å². The molecule has 7 heteroatoms. The van der Waals surface area contributed by atoms with E-state index < -0.39 is 11.7 Å². The minimum absolute atomic E-state index is 0.431. The second-order valence-corrected chi connectivity index (χ2v) is 4.95. The van der Waals surface area contributed by atoms with Gasteiger partial charge in [-0.15, -0.1) is 0 Å². The normalized spacial score (nSPS) is 11.9. The van der Waals surface area contributed by atoms with E-state index in [4.69, 9.17) is 23.2 Å². The number of hydrazone groups is 1. The van der Waals surface area contributed by atoms with Crippen molar-refractivity contribution in [3.8, 4) is 0 Å².